The molecule has 0 N–H and O–H groups in total. The number of aryl methyl sites for hydroxylation is 3. The van der Waals surface area contributed by atoms with Gasteiger partial charge in [0.25, 0.3) is 0 Å². The van der Waals surface area contributed by atoms with Gasteiger partial charge < -0.3 is 4.90 Å². The SMILES string of the molecule is Cc1cc(C)c(CC(=O)N2CCCC(=O)C2)c(C)c1. The van der Waals surface area contributed by atoms with E-state index in [2.05, 4.69) is 19.1 Å². The van der Waals surface area contributed by atoms with Crippen LogP contribution in [0, 0.1) is 20.8 Å². The average molecular weight is 259 g/mol. The second-order valence-electron chi connectivity index (χ2n) is 5.51. The van der Waals surface area contributed by atoms with Crippen LogP contribution in [-0.2, 0) is 16.0 Å². The zero-order valence-electron chi connectivity index (χ0n) is 12.0. The molecule has 3 nitrogen and oxygen atoms in total. The third-order valence-electron chi connectivity index (χ3n) is 3.77. The number of benzene rings is 1. The van der Waals surface area contributed by atoms with Crippen molar-refractivity contribution in [3.8, 4) is 0 Å². The van der Waals surface area contributed by atoms with E-state index in [4.69, 9.17) is 0 Å². The molecule has 1 aromatic rings. The van der Waals surface area contributed by atoms with E-state index in [1.165, 1.54) is 5.56 Å². The van der Waals surface area contributed by atoms with Gasteiger partial charge >= 0.3 is 0 Å². The zero-order valence-corrected chi connectivity index (χ0v) is 12.0. The summed E-state index contributed by atoms with van der Waals surface area (Å²) in [4.78, 5) is 25.4. The Morgan fingerprint density at radius 2 is 1.84 bits per heavy atom. The lowest BCUT2D eigenvalue weighted by atomic mass is 9.96. The van der Waals surface area contributed by atoms with Crippen molar-refractivity contribution >= 4 is 11.7 Å². The third-order valence-corrected chi connectivity index (χ3v) is 3.77. The van der Waals surface area contributed by atoms with Crippen molar-refractivity contribution in [2.75, 3.05) is 13.1 Å². The number of rotatable bonds is 2. The Bertz CT molecular complexity index is 496. The van der Waals surface area contributed by atoms with Crippen LogP contribution < -0.4 is 0 Å². The molecule has 0 aliphatic carbocycles. The number of piperidine rings is 1. The molecule has 1 aliphatic heterocycles. The molecule has 1 amide bonds. The van der Waals surface area contributed by atoms with E-state index in [0.717, 1.165) is 23.1 Å². The highest BCUT2D eigenvalue weighted by Gasteiger charge is 2.22. The highest BCUT2D eigenvalue weighted by atomic mass is 16.2. The van der Waals surface area contributed by atoms with Crippen LogP contribution in [0.25, 0.3) is 0 Å². The van der Waals surface area contributed by atoms with Crippen molar-refractivity contribution in [1.29, 1.82) is 0 Å². The van der Waals surface area contributed by atoms with Gasteiger partial charge in [-0.3, -0.25) is 9.59 Å². The monoisotopic (exact) mass is 259 g/mol. The topological polar surface area (TPSA) is 37.4 Å². The molecule has 0 radical (unpaired) electrons. The molecule has 19 heavy (non-hydrogen) atoms. The summed E-state index contributed by atoms with van der Waals surface area (Å²) in [6.45, 7) is 7.17. The highest BCUT2D eigenvalue weighted by molar-refractivity contribution is 5.88. The van der Waals surface area contributed by atoms with Crippen LogP contribution >= 0.6 is 0 Å². The number of amides is 1. The Morgan fingerprint density at radius 3 is 2.42 bits per heavy atom. The first-order valence-corrected chi connectivity index (χ1v) is 6.83. The Labute approximate surface area is 114 Å². The van der Waals surface area contributed by atoms with Gasteiger partial charge in [0, 0.05) is 13.0 Å². The molecule has 1 saturated heterocycles. The van der Waals surface area contributed by atoms with Crippen molar-refractivity contribution in [3.63, 3.8) is 0 Å². The fourth-order valence-electron chi connectivity index (χ4n) is 2.80. The van der Waals surface area contributed by atoms with Gasteiger partial charge in [0.05, 0.1) is 13.0 Å². The highest BCUT2D eigenvalue weighted by Crippen LogP contribution is 2.18. The fraction of sp³-hybridized carbons (Fsp3) is 0.500. The van der Waals surface area contributed by atoms with Gasteiger partial charge in [0.2, 0.25) is 5.91 Å². The summed E-state index contributed by atoms with van der Waals surface area (Å²) >= 11 is 0. The average Bonchev–Trinajstić information content (AvgIpc) is 2.33. The van der Waals surface area contributed by atoms with Gasteiger partial charge in [-0.05, 0) is 43.9 Å². The van der Waals surface area contributed by atoms with E-state index in [9.17, 15) is 9.59 Å². The number of carbonyl (C=O) groups excluding carboxylic acids is 2. The maximum Gasteiger partial charge on any atom is 0.227 e. The molecule has 1 aliphatic rings. The quantitative estimate of drug-likeness (QED) is 0.817. The van der Waals surface area contributed by atoms with E-state index >= 15 is 0 Å². The Kier molecular flexibility index (Phi) is 4.03. The minimum atomic E-state index is 0.0723. The first-order valence-electron chi connectivity index (χ1n) is 6.83. The molecule has 1 fully saturated rings. The minimum absolute atomic E-state index is 0.0723. The van der Waals surface area contributed by atoms with Crippen molar-refractivity contribution in [2.45, 2.75) is 40.0 Å². The first kappa shape index (κ1) is 13.8. The number of Topliss-reactive ketones (excluding diaryl/α,β-unsaturated/α-hetero) is 1. The van der Waals surface area contributed by atoms with Gasteiger partial charge in [0.15, 0.2) is 5.78 Å². The number of nitrogens with zero attached hydrogens (tertiary/aromatic N) is 1. The van der Waals surface area contributed by atoms with Crippen LogP contribution in [0.4, 0.5) is 0 Å². The molecule has 0 atom stereocenters. The summed E-state index contributed by atoms with van der Waals surface area (Å²) in [7, 11) is 0. The summed E-state index contributed by atoms with van der Waals surface area (Å²) in [6.07, 6.45) is 1.83. The molecule has 3 heteroatoms. The number of carbonyl (C=O) groups is 2. The van der Waals surface area contributed by atoms with Crippen molar-refractivity contribution in [3.05, 3.63) is 34.4 Å². The van der Waals surface area contributed by atoms with Crippen LogP contribution in [0.3, 0.4) is 0 Å². The summed E-state index contributed by atoms with van der Waals surface area (Å²) in [5, 5.41) is 0. The smallest absolute Gasteiger partial charge is 0.227 e. The number of ketones is 1. The van der Waals surface area contributed by atoms with Crippen LogP contribution in [0.2, 0.25) is 0 Å². The van der Waals surface area contributed by atoms with Crippen LogP contribution in [-0.4, -0.2) is 29.7 Å². The molecular formula is C16H21NO2. The molecule has 0 aromatic heterocycles. The predicted octanol–water partition coefficient (Wildman–Crippen LogP) is 2.35. The summed E-state index contributed by atoms with van der Waals surface area (Å²) < 4.78 is 0. The number of hydrogen-bond donors (Lipinski definition) is 0. The predicted molar refractivity (Wildman–Crippen MR) is 75.2 cm³/mol. The van der Waals surface area contributed by atoms with Crippen molar-refractivity contribution < 1.29 is 9.59 Å². The fourth-order valence-corrected chi connectivity index (χ4v) is 2.80. The van der Waals surface area contributed by atoms with Gasteiger partial charge in [-0.25, -0.2) is 0 Å². The molecular weight excluding hydrogens is 238 g/mol. The van der Waals surface area contributed by atoms with E-state index < -0.39 is 0 Å². The minimum Gasteiger partial charge on any atom is -0.335 e. The largest absolute Gasteiger partial charge is 0.335 e. The first-order chi connectivity index (χ1) is 8.97. The lowest BCUT2D eigenvalue weighted by molar-refractivity contribution is -0.137. The Morgan fingerprint density at radius 1 is 1.21 bits per heavy atom. The Balaban J connectivity index is 2.13. The molecule has 0 unspecified atom stereocenters. The maximum absolute atomic E-state index is 12.3. The second kappa shape index (κ2) is 5.55. The molecule has 102 valence electrons. The Hall–Kier alpha value is -1.64. The lowest BCUT2D eigenvalue weighted by Gasteiger charge is -2.26. The van der Waals surface area contributed by atoms with Gasteiger partial charge in [-0.1, -0.05) is 17.7 Å². The third kappa shape index (κ3) is 3.22. The molecule has 0 saturated carbocycles. The van der Waals surface area contributed by atoms with Crippen LogP contribution in [0.1, 0.15) is 35.1 Å². The number of hydrogen-bond acceptors (Lipinski definition) is 2. The van der Waals surface area contributed by atoms with E-state index in [1.54, 1.807) is 4.90 Å². The van der Waals surface area contributed by atoms with Gasteiger partial charge in [-0.2, -0.15) is 0 Å². The summed E-state index contributed by atoms with van der Waals surface area (Å²) in [5.74, 6) is 0.250. The van der Waals surface area contributed by atoms with Crippen LogP contribution in [0.5, 0.6) is 0 Å². The van der Waals surface area contributed by atoms with Crippen molar-refractivity contribution in [1.82, 2.24) is 4.90 Å². The summed E-state index contributed by atoms with van der Waals surface area (Å²) in [6, 6.07) is 4.22. The van der Waals surface area contributed by atoms with E-state index in [0.29, 0.717) is 25.9 Å². The van der Waals surface area contributed by atoms with Gasteiger partial charge in [-0.15, -0.1) is 0 Å². The van der Waals surface area contributed by atoms with Crippen molar-refractivity contribution in [2.24, 2.45) is 0 Å². The molecule has 2 rings (SSSR count). The lowest BCUT2D eigenvalue weighted by Crippen LogP contribution is -2.41. The standard InChI is InChI=1S/C16H21NO2/c1-11-7-12(2)15(13(3)8-11)9-16(19)17-6-4-5-14(18)10-17/h7-8H,4-6,9-10H2,1-3H3. The number of likely N-dealkylation sites (tertiary alicyclic amines) is 1. The zero-order chi connectivity index (χ0) is 14.0. The summed E-state index contributed by atoms with van der Waals surface area (Å²) in [5.41, 5.74) is 4.65. The normalized spacial score (nSPS) is 15.7. The van der Waals surface area contributed by atoms with Crippen LogP contribution in [0.15, 0.2) is 12.1 Å². The van der Waals surface area contributed by atoms with Gasteiger partial charge in [0.1, 0.15) is 0 Å². The molecule has 1 heterocycles. The molecule has 0 bridgehead atoms. The van der Waals surface area contributed by atoms with E-state index in [1.807, 2.05) is 13.8 Å². The molecule has 1 aromatic carbocycles. The van der Waals surface area contributed by atoms with E-state index in [-0.39, 0.29) is 11.7 Å². The maximum atomic E-state index is 12.3. The molecule has 0 spiro atoms. The second-order valence-corrected chi connectivity index (χ2v) is 5.51.